The van der Waals surface area contributed by atoms with Gasteiger partial charge >= 0.3 is 0 Å². The van der Waals surface area contributed by atoms with Crippen LogP contribution in [-0.2, 0) is 6.42 Å². The molecule has 17 heavy (non-hydrogen) atoms. The van der Waals surface area contributed by atoms with Crippen molar-refractivity contribution in [1.29, 1.82) is 0 Å². The quantitative estimate of drug-likeness (QED) is 0.707. The van der Waals surface area contributed by atoms with Crippen molar-refractivity contribution in [1.82, 2.24) is 0 Å². The molecule has 0 saturated heterocycles. The van der Waals surface area contributed by atoms with Gasteiger partial charge < -0.3 is 4.74 Å². The summed E-state index contributed by atoms with van der Waals surface area (Å²) in [4.78, 5) is 0. The van der Waals surface area contributed by atoms with Crippen molar-refractivity contribution in [2.45, 2.75) is 33.1 Å². The maximum atomic E-state index is 5.46. The number of ether oxygens (including phenoxy) is 1. The molecule has 0 aliphatic carbocycles. The summed E-state index contributed by atoms with van der Waals surface area (Å²) in [6.07, 6.45) is 9.38. The van der Waals surface area contributed by atoms with E-state index >= 15 is 0 Å². The molecule has 0 atom stereocenters. The van der Waals surface area contributed by atoms with E-state index in [0.717, 1.165) is 25.0 Å². The van der Waals surface area contributed by atoms with Crippen molar-refractivity contribution in [2.75, 3.05) is 7.11 Å². The third kappa shape index (κ3) is 3.23. The summed E-state index contributed by atoms with van der Waals surface area (Å²) in [7, 11) is 1.73. The van der Waals surface area contributed by atoms with Crippen LogP contribution < -0.4 is 15.2 Å². The van der Waals surface area contributed by atoms with Gasteiger partial charge in [-0.05, 0) is 42.7 Å². The second kappa shape index (κ2) is 6.95. The first kappa shape index (κ1) is 13.6. The smallest absolute Gasteiger partial charge is 0.122 e. The van der Waals surface area contributed by atoms with Gasteiger partial charge in [-0.2, -0.15) is 0 Å². The summed E-state index contributed by atoms with van der Waals surface area (Å²) in [5.74, 6) is 0.983. The van der Waals surface area contributed by atoms with E-state index in [2.05, 4.69) is 44.7 Å². The highest BCUT2D eigenvalue weighted by molar-refractivity contribution is 5.43. The van der Waals surface area contributed by atoms with Crippen LogP contribution in [-0.4, -0.2) is 7.11 Å². The van der Waals surface area contributed by atoms with Crippen LogP contribution in [0.1, 0.15) is 32.3 Å². The highest BCUT2D eigenvalue weighted by Crippen LogP contribution is 2.14. The molecule has 0 amide bonds. The molecule has 0 radical (unpaired) electrons. The van der Waals surface area contributed by atoms with Crippen molar-refractivity contribution >= 4 is 12.2 Å². The zero-order valence-electron chi connectivity index (χ0n) is 11.1. The molecule has 1 heteroatoms. The highest BCUT2D eigenvalue weighted by atomic mass is 16.5. The topological polar surface area (TPSA) is 9.23 Å². The molecule has 1 aromatic rings. The Morgan fingerprint density at radius 2 is 2.12 bits per heavy atom. The number of rotatable bonds is 5. The van der Waals surface area contributed by atoms with Gasteiger partial charge in [0.05, 0.1) is 7.11 Å². The van der Waals surface area contributed by atoms with Gasteiger partial charge in [-0.25, -0.2) is 0 Å². The van der Waals surface area contributed by atoms with Crippen molar-refractivity contribution in [3.63, 3.8) is 0 Å². The van der Waals surface area contributed by atoms with Crippen LogP contribution in [0.4, 0.5) is 0 Å². The van der Waals surface area contributed by atoms with Gasteiger partial charge in [0.15, 0.2) is 0 Å². The Bertz CT molecular complexity index is 483. The second-order valence-electron chi connectivity index (χ2n) is 3.98. The van der Waals surface area contributed by atoms with Crippen molar-refractivity contribution in [3.05, 3.63) is 40.8 Å². The van der Waals surface area contributed by atoms with E-state index in [1.54, 1.807) is 7.11 Å². The summed E-state index contributed by atoms with van der Waals surface area (Å²) in [6.45, 7) is 8.03. The molecule has 0 aliphatic heterocycles. The second-order valence-corrected chi connectivity index (χ2v) is 3.98. The van der Waals surface area contributed by atoms with Crippen LogP contribution in [0.3, 0.4) is 0 Å². The average molecular weight is 230 g/mol. The number of benzene rings is 1. The van der Waals surface area contributed by atoms with Crippen molar-refractivity contribution < 1.29 is 4.74 Å². The molecule has 1 rings (SSSR count). The van der Waals surface area contributed by atoms with Gasteiger partial charge in [-0.3, -0.25) is 0 Å². The number of hydrogen-bond acceptors (Lipinski definition) is 1. The first-order valence-corrected chi connectivity index (χ1v) is 6.21. The molecular formula is C16H22O. The summed E-state index contributed by atoms with van der Waals surface area (Å²) in [6, 6.07) is 4.18. The Kier molecular flexibility index (Phi) is 5.55. The Hall–Kier alpha value is -1.50. The molecule has 0 saturated carbocycles. The fourth-order valence-corrected chi connectivity index (χ4v) is 2.06. The molecule has 0 N–H and O–H groups in total. The van der Waals surface area contributed by atoms with E-state index in [0.29, 0.717) is 0 Å². The predicted molar refractivity (Wildman–Crippen MR) is 75.7 cm³/mol. The van der Waals surface area contributed by atoms with Crippen LogP contribution in [0, 0.1) is 0 Å². The fourth-order valence-electron chi connectivity index (χ4n) is 2.06. The van der Waals surface area contributed by atoms with E-state index in [9.17, 15) is 0 Å². The lowest BCUT2D eigenvalue weighted by Gasteiger charge is -2.09. The van der Waals surface area contributed by atoms with Crippen LogP contribution >= 0.6 is 0 Å². The zero-order chi connectivity index (χ0) is 12.7. The number of allylic oxidation sites excluding steroid dienone is 1. The SMILES string of the molecule is C=CCCc1c(OC)ccc(=C/C)/c1=C\CC. The third-order valence-electron chi connectivity index (χ3n) is 2.89. The normalized spacial score (nSPS) is 12.9. The molecular weight excluding hydrogens is 208 g/mol. The van der Waals surface area contributed by atoms with E-state index in [-0.39, 0.29) is 0 Å². The molecule has 0 unspecified atom stereocenters. The molecule has 0 heterocycles. The van der Waals surface area contributed by atoms with Gasteiger partial charge in [0, 0.05) is 5.56 Å². The molecule has 92 valence electrons. The Morgan fingerprint density at radius 1 is 1.35 bits per heavy atom. The molecule has 1 nitrogen and oxygen atoms in total. The minimum absolute atomic E-state index is 0.980. The summed E-state index contributed by atoms with van der Waals surface area (Å²) in [5, 5.41) is 2.60. The van der Waals surface area contributed by atoms with E-state index in [1.165, 1.54) is 16.0 Å². The summed E-state index contributed by atoms with van der Waals surface area (Å²) < 4.78 is 5.46. The van der Waals surface area contributed by atoms with Crippen LogP contribution in [0.2, 0.25) is 0 Å². The molecule has 0 aliphatic rings. The molecule has 1 aromatic carbocycles. The Labute approximate surface area is 104 Å². The maximum Gasteiger partial charge on any atom is 0.122 e. The number of hydrogen-bond donors (Lipinski definition) is 0. The predicted octanol–water partition coefficient (Wildman–Crippen LogP) is 2.80. The first-order valence-electron chi connectivity index (χ1n) is 6.21. The Morgan fingerprint density at radius 3 is 2.65 bits per heavy atom. The largest absolute Gasteiger partial charge is 0.496 e. The average Bonchev–Trinajstić information content (AvgIpc) is 2.37. The lowest BCUT2D eigenvalue weighted by atomic mass is 10.0. The maximum absolute atomic E-state index is 5.46. The highest BCUT2D eigenvalue weighted by Gasteiger charge is 2.04. The lowest BCUT2D eigenvalue weighted by Crippen LogP contribution is -2.28. The monoisotopic (exact) mass is 230 g/mol. The van der Waals surface area contributed by atoms with Crippen LogP contribution in [0.25, 0.3) is 12.2 Å². The van der Waals surface area contributed by atoms with Crippen molar-refractivity contribution in [3.8, 4) is 5.75 Å². The van der Waals surface area contributed by atoms with Gasteiger partial charge in [0.25, 0.3) is 0 Å². The number of methoxy groups -OCH3 is 1. The minimum atomic E-state index is 0.980. The minimum Gasteiger partial charge on any atom is -0.496 e. The summed E-state index contributed by atoms with van der Waals surface area (Å²) in [5.41, 5.74) is 1.30. The zero-order valence-corrected chi connectivity index (χ0v) is 11.1. The fraction of sp³-hybridized carbons (Fsp3) is 0.375. The van der Waals surface area contributed by atoms with Crippen LogP contribution in [0.15, 0.2) is 24.8 Å². The van der Waals surface area contributed by atoms with Gasteiger partial charge in [0.2, 0.25) is 0 Å². The van der Waals surface area contributed by atoms with E-state index in [1.807, 2.05) is 6.08 Å². The van der Waals surface area contributed by atoms with Gasteiger partial charge in [-0.15, -0.1) is 6.58 Å². The third-order valence-corrected chi connectivity index (χ3v) is 2.89. The van der Waals surface area contributed by atoms with Crippen LogP contribution in [0.5, 0.6) is 5.75 Å². The standard InChI is InChI=1S/C16H22O/c1-5-8-10-15-14(9-6-2)13(7-3)11-12-16(15)17-4/h5,7,9,11-12H,1,6,8,10H2,2-4H3/b13-7-,14-9+. The van der Waals surface area contributed by atoms with Crippen molar-refractivity contribution in [2.24, 2.45) is 0 Å². The van der Waals surface area contributed by atoms with Gasteiger partial charge in [0.1, 0.15) is 5.75 Å². The first-order chi connectivity index (χ1) is 8.28. The molecule has 0 fully saturated rings. The van der Waals surface area contributed by atoms with E-state index < -0.39 is 0 Å². The lowest BCUT2D eigenvalue weighted by molar-refractivity contribution is 0.409. The van der Waals surface area contributed by atoms with Gasteiger partial charge in [-0.1, -0.05) is 31.2 Å². The summed E-state index contributed by atoms with van der Waals surface area (Å²) >= 11 is 0. The Balaban J connectivity index is 3.47. The molecule has 0 aromatic heterocycles. The molecule has 0 bridgehead atoms. The van der Waals surface area contributed by atoms with E-state index in [4.69, 9.17) is 4.74 Å². The molecule has 0 spiro atoms.